The molecule has 0 aliphatic rings. The number of thiazole rings is 1. The number of carbonyl (C=O) groups is 1. The Morgan fingerprint density at radius 2 is 1.88 bits per heavy atom. The molecule has 0 saturated heterocycles. The van der Waals surface area contributed by atoms with Crippen molar-refractivity contribution < 1.29 is 17.6 Å². The van der Waals surface area contributed by atoms with E-state index in [4.69, 9.17) is 4.42 Å². The number of carbonyl (C=O) groups excluding carboxylic acids is 1. The molecule has 0 aliphatic heterocycles. The number of aryl methyl sites for hydroxylation is 1. The van der Waals surface area contributed by atoms with Gasteiger partial charge in [-0.3, -0.25) is 4.79 Å². The van der Waals surface area contributed by atoms with Crippen molar-refractivity contribution in [2.45, 2.75) is 31.2 Å². The lowest BCUT2D eigenvalue weighted by Crippen LogP contribution is -2.26. The van der Waals surface area contributed by atoms with Crippen LogP contribution in [0, 0.1) is 0 Å². The largest absolute Gasteiger partial charge is 0.468 e. The minimum absolute atomic E-state index is 0.0988. The van der Waals surface area contributed by atoms with Crippen molar-refractivity contribution in [3.8, 4) is 0 Å². The fourth-order valence-corrected chi connectivity index (χ4v) is 5.63. The maximum Gasteiger partial charge on any atom is 0.279 e. The predicted molar refractivity (Wildman–Crippen MR) is 129 cm³/mol. The molecule has 0 spiro atoms. The number of benzene rings is 2. The van der Waals surface area contributed by atoms with E-state index in [1.54, 1.807) is 12.1 Å². The normalized spacial score (nSPS) is 12.8. The lowest BCUT2D eigenvalue weighted by atomic mass is 10.0. The Kier molecular flexibility index (Phi) is 6.38. The first-order chi connectivity index (χ1) is 15.7. The van der Waals surface area contributed by atoms with Gasteiger partial charge in [-0.05, 0) is 60.0 Å². The van der Waals surface area contributed by atoms with Crippen LogP contribution in [0.4, 0.5) is 0 Å². The molecule has 2 aromatic heterocycles. The minimum atomic E-state index is -3.72. The second kappa shape index (κ2) is 9.09. The Morgan fingerprint density at radius 1 is 1.15 bits per heavy atom. The Labute approximate surface area is 196 Å². The zero-order valence-corrected chi connectivity index (χ0v) is 20.5. The van der Waals surface area contributed by atoms with Gasteiger partial charge in [0, 0.05) is 19.7 Å². The number of nitrogens with zero attached hydrogens (tertiary/aromatic N) is 3. The summed E-state index contributed by atoms with van der Waals surface area (Å²) in [5, 5.41) is 0. The highest BCUT2D eigenvalue weighted by Gasteiger charge is 2.22. The molecule has 0 fully saturated rings. The molecular formula is C24H25N3O4S2. The zero-order chi connectivity index (χ0) is 23.8. The average molecular weight is 484 g/mol. The Hall–Kier alpha value is -3.01. The lowest BCUT2D eigenvalue weighted by Gasteiger charge is -2.16. The molecule has 9 heteroatoms. The SMILES string of the molecule is CC(C)c1ccc2c(c1)sc(=NC(=O)c1ccc(S(=O)(=O)N(C)Cc3ccco3)cc1)n2C. The van der Waals surface area contributed by atoms with Gasteiger partial charge in [0.1, 0.15) is 5.76 Å². The molecule has 4 rings (SSSR count). The van der Waals surface area contributed by atoms with E-state index < -0.39 is 15.9 Å². The van der Waals surface area contributed by atoms with Crippen molar-refractivity contribution in [3.63, 3.8) is 0 Å². The molecule has 172 valence electrons. The summed E-state index contributed by atoms with van der Waals surface area (Å²) in [5.74, 6) is 0.536. The number of hydrogen-bond acceptors (Lipinski definition) is 5. The number of rotatable bonds is 6. The standard InChI is InChI=1S/C24H25N3O4S2/c1-16(2)18-9-12-21-22(14-18)32-24(27(21)4)25-23(28)17-7-10-20(11-8-17)33(29,30)26(3)15-19-6-5-13-31-19/h5-14,16H,15H2,1-4H3. The van der Waals surface area contributed by atoms with E-state index in [0.717, 1.165) is 10.2 Å². The highest BCUT2D eigenvalue weighted by molar-refractivity contribution is 7.89. The summed E-state index contributed by atoms with van der Waals surface area (Å²) in [5.41, 5.74) is 2.57. The summed E-state index contributed by atoms with van der Waals surface area (Å²) >= 11 is 1.46. The van der Waals surface area contributed by atoms with Crippen LogP contribution >= 0.6 is 11.3 Å². The average Bonchev–Trinajstić information content (AvgIpc) is 3.41. The molecule has 7 nitrogen and oxygen atoms in total. The Balaban J connectivity index is 1.58. The van der Waals surface area contributed by atoms with Gasteiger partial charge in [-0.25, -0.2) is 8.42 Å². The highest BCUT2D eigenvalue weighted by Crippen LogP contribution is 2.23. The van der Waals surface area contributed by atoms with Gasteiger partial charge < -0.3 is 8.98 Å². The second-order valence-electron chi connectivity index (χ2n) is 8.11. The maximum absolute atomic E-state index is 12.8. The van der Waals surface area contributed by atoms with Gasteiger partial charge in [0.25, 0.3) is 5.91 Å². The summed E-state index contributed by atoms with van der Waals surface area (Å²) < 4.78 is 35.0. The summed E-state index contributed by atoms with van der Waals surface area (Å²) in [6, 6.07) is 15.5. The topological polar surface area (TPSA) is 84.9 Å². The van der Waals surface area contributed by atoms with Crippen LogP contribution in [-0.2, 0) is 23.6 Å². The maximum atomic E-state index is 12.8. The number of furan rings is 1. The van der Waals surface area contributed by atoms with Crippen LogP contribution in [0.5, 0.6) is 0 Å². The predicted octanol–water partition coefficient (Wildman–Crippen LogP) is 4.52. The molecule has 2 heterocycles. The van der Waals surface area contributed by atoms with Crippen LogP contribution in [0.1, 0.15) is 41.4 Å². The number of aromatic nitrogens is 1. The van der Waals surface area contributed by atoms with Gasteiger partial charge in [0.15, 0.2) is 4.80 Å². The molecule has 0 radical (unpaired) electrons. The fraction of sp³-hybridized carbons (Fsp3) is 0.250. The van der Waals surface area contributed by atoms with E-state index in [2.05, 4.69) is 31.0 Å². The van der Waals surface area contributed by atoms with Crippen molar-refractivity contribution >= 4 is 37.5 Å². The summed E-state index contributed by atoms with van der Waals surface area (Å²) in [4.78, 5) is 17.8. The smallest absolute Gasteiger partial charge is 0.279 e. The van der Waals surface area contributed by atoms with Crippen molar-refractivity contribution in [1.82, 2.24) is 8.87 Å². The van der Waals surface area contributed by atoms with Crippen molar-refractivity contribution in [2.75, 3.05) is 7.05 Å². The molecule has 33 heavy (non-hydrogen) atoms. The third kappa shape index (κ3) is 4.71. The first kappa shape index (κ1) is 23.2. The summed E-state index contributed by atoms with van der Waals surface area (Å²) in [7, 11) is -0.358. The molecule has 0 aliphatic carbocycles. The summed E-state index contributed by atoms with van der Waals surface area (Å²) in [6.45, 7) is 4.40. The lowest BCUT2D eigenvalue weighted by molar-refractivity contribution is 0.0998. The van der Waals surface area contributed by atoms with Crippen molar-refractivity contribution in [3.05, 3.63) is 82.5 Å². The molecule has 0 bridgehead atoms. The molecule has 0 saturated carbocycles. The molecular weight excluding hydrogens is 458 g/mol. The van der Waals surface area contributed by atoms with Gasteiger partial charge in [0.2, 0.25) is 10.0 Å². The third-order valence-corrected chi connectivity index (χ3v) is 8.38. The molecule has 2 aromatic carbocycles. The first-order valence-electron chi connectivity index (χ1n) is 10.4. The third-order valence-electron chi connectivity index (χ3n) is 5.47. The highest BCUT2D eigenvalue weighted by atomic mass is 32.2. The van der Waals surface area contributed by atoms with Crippen LogP contribution in [-0.4, -0.2) is 30.2 Å². The number of fused-ring (bicyclic) bond motifs is 1. The fourth-order valence-electron chi connectivity index (χ4n) is 3.42. The first-order valence-corrected chi connectivity index (χ1v) is 12.7. The zero-order valence-electron chi connectivity index (χ0n) is 18.8. The molecule has 0 atom stereocenters. The van der Waals surface area contributed by atoms with Crippen LogP contribution in [0.25, 0.3) is 10.2 Å². The van der Waals surface area contributed by atoms with Crippen LogP contribution in [0.2, 0.25) is 0 Å². The van der Waals surface area contributed by atoms with Gasteiger partial charge >= 0.3 is 0 Å². The minimum Gasteiger partial charge on any atom is -0.468 e. The molecule has 4 aromatic rings. The number of hydrogen-bond donors (Lipinski definition) is 0. The number of amides is 1. The number of sulfonamides is 1. The van der Waals surface area contributed by atoms with E-state index in [1.807, 2.05) is 17.7 Å². The van der Waals surface area contributed by atoms with E-state index in [9.17, 15) is 13.2 Å². The van der Waals surface area contributed by atoms with Crippen molar-refractivity contribution in [1.29, 1.82) is 0 Å². The van der Waals surface area contributed by atoms with Gasteiger partial charge in [-0.2, -0.15) is 9.30 Å². The van der Waals surface area contributed by atoms with Crippen LogP contribution in [0.15, 0.2) is 75.2 Å². The van der Waals surface area contributed by atoms with Crippen LogP contribution < -0.4 is 4.80 Å². The van der Waals surface area contributed by atoms with E-state index >= 15 is 0 Å². The van der Waals surface area contributed by atoms with E-state index in [1.165, 1.54) is 58.8 Å². The molecule has 0 unspecified atom stereocenters. The Bertz CT molecular complexity index is 1460. The van der Waals surface area contributed by atoms with Gasteiger partial charge in [-0.15, -0.1) is 0 Å². The monoisotopic (exact) mass is 483 g/mol. The van der Waals surface area contributed by atoms with E-state index in [-0.39, 0.29) is 11.4 Å². The van der Waals surface area contributed by atoms with E-state index in [0.29, 0.717) is 22.0 Å². The van der Waals surface area contributed by atoms with Crippen molar-refractivity contribution in [2.24, 2.45) is 12.0 Å². The molecule has 1 amide bonds. The Morgan fingerprint density at radius 3 is 2.52 bits per heavy atom. The van der Waals surface area contributed by atoms with Crippen LogP contribution in [0.3, 0.4) is 0 Å². The van der Waals surface area contributed by atoms with Gasteiger partial charge in [-0.1, -0.05) is 31.3 Å². The second-order valence-corrected chi connectivity index (χ2v) is 11.2. The quantitative estimate of drug-likeness (QED) is 0.404. The van der Waals surface area contributed by atoms with Gasteiger partial charge in [0.05, 0.1) is 27.9 Å². The summed E-state index contributed by atoms with van der Waals surface area (Å²) in [6.07, 6.45) is 1.50. The molecule has 0 N–H and O–H groups in total.